The number of para-hydroxylation sites is 2. The van der Waals surface area contributed by atoms with Crippen molar-refractivity contribution in [2.75, 3.05) is 13.7 Å². The maximum Gasteiger partial charge on any atom is 0.406 e. The Hall–Kier alpha value is -2.74. The molecule has 0 spiro atoms. The number of methoxy groups -OCH3 is 1. The molecule has 1 atom stereocenters. The van der Waals surface area contributed by atoms with Crippen molar-refractivity contribution in [2.45, 2.75) is 25.6 Å². The number of esters is 2. The van der Waals surface area contributed by atoms with E-state index in [4.69, 9.17) is 9.47 Å². The topological polar surface area (TPSA) is 102 Å². The predicted octanol–water partition coefficient (Wildman–Crippen LogP) is 0.877. The first kappa shape index (κ1) is 16.1. The molecule has 126 valence electrons. The minimum absolute atomic E-state index is 0.0434. The zero-order valence-corrected chi connectivity index (χ0v) is 13.1. The van der Waals surface area contributed by atoms with Crippen molar-refractivity contribution in [3.63, 3.8) is 0 Å². The van der Waals surface area contributed by atoms with Gasteiger partial charge in [0.05, 0.1) is 7.11 Å². The normalized spacial score (nSPS) is 17.0. The Labute approximate surface area is 137 Å². The Morgan fingerprint density at radius 3 is 2.92 bits per heavy atom. The average Bonchev–Trinajstić information content (AvgIpc) is 3.14. The summed E-state index contributed by atoms with van der Waals surface area (Å²) in [7, 11) is 1.17. The smallest absolute Gasteiger partial charge is 0.406 e. The van der Waals surface area contributed by atoms with E-state index in [1.165, 1.54) is 7.11 Å². The first-order valence-corrected chi connectivity index (χ1v) is 7.49. The van der Waals surface area contributed by atoms with E-state index in [0.29, 0.717) is 23.3 Å². The fraction of sp³-hybridized carbons (Fsp3) is 0.375. The van der Waals surface area contributed by atoms with Gasteiger partial charge >= 0.3 is 17.6 Å². The molecule has 1 aliphatic heterocycles. The molecule has 0 saturated carbocycles. The van der Waals surface area contributed by atoms with Crippen molar-refractivity contribution >= 4 is 23.0 Å². The molecule has 1 fully saturated rings. The number of aromatic nitrogens is 2. The molecule has 1 aromatic carbocycles. The Morgan fingerprint density at radius 2 is 2.21 bits per heavy atom. The van der Waals surface area contributed by atoms with Crippen molar-refractivity contribution < 1.29 is 28.5 Å². The van der Waals surface area contributed by atoms with E-state index < -0.39 is 18.0 Å². The fourth-order valence-corrected chi connectivity index (χ4v) is 2.56. The summed E-state index contributed by atoms with van der Waals surface area (Å²) in [5.74, 6) is -1.37. The Kier molecular flexibility index (Phi) is 4.57. The molecule has 0 unspecified atom stereocenters. The zero-order valence-electron chi connectivity index (χ0n) is 13.1. The van der Waals surface area contributed by atoms with Crippen molar-refractivity contribution in [2.24, 2.45) is 0 Å². The van der Waals surface area contributed by atoms with Crippen molar-refractivity contribution in [1.29, 1.82) is 0 Å². The number of fused-ring (bicyclic) bond motifs is 1. The van der Waals surface area contributed by atoms with Crippen LogP contribution in [-0.2, 0) is 25.6 Å². The van der Waals surface area contributed by atoms with Crippen molar-refractivity contribution in [3.8, 4) is 0 Å². The summed E-state index contributed by atoms with van der Waals surface area (Å²) < 4.78 is 15.5. The van der Waals surface area contributed by atoms with Crippen LogP contribution in [0.15, 0.2) is 24.3 Å². The SMILES string of the molecule is COC(=O)c1c(COC(=O)[C@H]2CCCO2)nc2ccccc2[n+]1[O-]. The van der Waals surface area contributed by atoms with Crippen LogP contribution in [0, 0.1) is 5.21 Å². The molecule has 8 nitrogen and oxygen atoms in total. The van der Waals surface area contributed by atoms with E-state index in [9.17, 15) is 14.8 Å². The first-order chi connectivity index (χ1) is 11.6. The van der Waals surface area contributed by atoms with Crippen LogP contribution in [0.1, 0.15) is 29.0 Å². The summed E-state index contributed by atoms with van der Waals surface area (Å²) >= 11 is 0. The van der Waals surface area contributed by atoms with Gasteiger partial charge in [-0.25, -0.2) is 14.6 Å². The number of nitrogens with zero attached hydrogens (tertiary/aromatic N) is 2. The van der Waals surface area contributed by atoms with Gasteiger partial charge in [0.15, 0.2) is 11.8 Å². The second-order valence-electron chi connectivity index (χ2n) is 5.29. The predicted molar refractivity (Wildman–Crippen MR) is 80.8 cm³/mol. The van der Waals surface area contributed by atoms with Gasteiger partial charge in [-0.3, -0.25) is 0 Å². The maximum absolute atomic E-state index is 12.5. The molecule has 1 aliphatic rings. The van der Waals surface area contributed by atoms with Gasteiger partial charge in [-0.2, -0.15) is 4.73 Å². The molecule has 0 bridgehead atoms. The number of carbonyl (C=O) groups is 2. The Morgan fingerprint density at radius 1 is 1.42 bits per heavy atom. The van der Waals surface area contributed by atoms with E-state index in [-0.39, 0.29) is 23.5 Å². The lowest BCUT2D eigenvalue weighted by Crippen LogP contribution is -2.38. The van der Waals surface area contributed by atoms with Crippen LogP contribution in [0.3, 0.4) is 0 Å². The first-order valence-electron chi connectivity index (χ1n) is 7.49. The van der Waals surface area contributed by atoms with E-state index in [2.05, 4.69) is 9.72 Å². The van der Waals surface area contributed by atoms with Crippen molar-refractivity contribution in [3.05, 3.63) is 40.9 Å². The monoisotopic (exact) mass is 332 g/mol. The molecular weight excluding hydrogens is 316 g/mol. The summed E-state index contributed by atoms with van der Waals surface area (Å²) in [5, 5.41) is 12.5. The Bertz CT molecular complexity index is 785. The van der Waals surface area contributed by atoms with Crippen LogP contribution in [0.4, 0.5) is 0 Å². The van der Waals surface area contributed by atoms with Gasteiger partial charge in [-0.05, 0) is 18.9 Å². The molecule has 2 aromatic rings. The maximum atomic E-state index is 12.5. The molecule has 24 heavy (non-hydrogen) atoms. The standard InChI is InChI=1S/C16H16N2O6/c1-22-16(20)14-11(9-24-15(19)13-7-4-8-23-13)17-10-5-2-3-6-12(10)18(14)21/h2-3,5-6,13H,4,7-9H2,1H3/t13-/m1/s1. The summed E-state index contributed by atoms with van der Waals surface area (Å²) in [4.78, 5) is 28.2. The highest BCUT2D eigenvalue weighted by Crippen LogP contribution is 2.16. The lowest BCUT2D eigenvalue weighted by Gasteiger charge is -2.12. The van der Waals surface area contributed by atoms with Crippen LogP contribution < -0.4 is 4.73 Å². The molecule has 3 rings (SSSR count). The third-order valence-electron chi connectivity index (χ3n) is 3.75. The minimum atomic E-state index is -0.841. The fourth-order valence-electron chi connectivity index (χ4n) is 2.56. The second kappa shape index (κ2) is 6.79. The zero-order chi connectivity index (χ0) is 17.1. The lowest BCUT2D eigenvalue weighted by atomic mass is 10.2. The van der Waals surface area contributed by atoms with Gasteiger partial charge < -0.3 is 19.4 Å². The van der Waals surface area contributed by atoms with Crippen LogP contribution in [-0.4, -0.2) is 36.7 Å². The Balaban J connectivity index is 1.92. The molecular formula is C16H16N2O6. The summed E-state index contributed by atoms with van der Waals surface area (Å²) in [6, 6.07) is 6.56. The average molecular weight is 332 g/mol. The highest BCUT2D eigenvalue weighted by molar-refractivity contribution is 5.88. The second-order valence-corrected chi connectivity index (χ2v) is 5.29. The highest BCUT2D eigenvalue weighted by Gasteiger charge is 2.30. The summed E-state index contributed by atoms with van der Waals surface area (Å²) in [6.45, 7) is 0.207. The number of carbonyl (C=O) groups excluding carboxylic acids is 2. The molecule has 0 radical (unpaired) electrons. The number of ether oxygens (including phenoxy) is 3. The molecule has 8 heteroatoms. The van der Waals surface area contributed by atoms with Crippen LogP contribution in [0.25, 0.3) is 11.0 Å². The lowest BCUT2D eigenvalue weighted by molar-refractivity contribution is -0.581. The van der Waals surface area contributed by atoms with E-state index in [1.807, 2.05) is 0 Å². The third-order valence-corrected chi connectivity index (χ3v) is 3.75. The van der Waals surface area contributed by atoms with E-state index in [1.54, 1.807) is 24.3 Å². The van der Waals surface area contributed by atoms with Gasteiger partial charge in [-0.1, -0.05) is 12.1 Å². The van der Waals surface area contributed by atoms with E-state index >= 15 is 0 Å². The van der Waals surface area contributed by atoms with Gasteiger partial charge in [0.25, 0.3) is 0 Å². The number of benzene rings is 1. The molecule has 0 N–H and O–H groups in total. The molecule has 1 saturated heterocycles. The van der Waals surface area contributed by atoms with E-state index in [0.717, 1.165) is 6.42 Å². The van der Waals surface area contributed by atoms with Crippen LogP contribution in [0.2, 0.25) is 0 Å². The minimum Gasteiger partial charge on any atom is -0.618 e. The highest BCUT2D eigenvalue weighted by atomic mass is 16.6. The summed E-state index contributed by atoms with van der Waals surface area (Å²) in [6.07, 6.45) is 0.781. The molecule has 0 aliphatic carbocycles. The number of hydrogen-bond acceptors (Lipinski definition) is 7. The largest absolute Gasteiger partial charge is 0.618 e. The van der Waals surface area contributed by atoms with Crippen molar-refractivity contribution in [1.82, 2.24) is 4.98 Å². The van der Waals surface area contributed by atoms with Gasteiger partial charge in [0, 0.05) is 12.7 Å². The quantitative estimate of drug-likeness (QED) is 0.465. The van der Waals surface area contributed by atoms with Crippen LogP contribution in [0.5, 0.6) is 0 Å². The molecule has 1 aromatic heterocycles. The molecule has 2 heterocycles. The van der Waals surface area contributed by atoms with Gasteiger partial charge in [-0.15, -0.1) is 0 Å². The molecule has 0 amide bonds. The number of hydrogen-bond donors (Lipinski definition) is 0. The number of rotatable bonds is 4. The van der Waals surface area contributed by atoms with Gasteiger partial charge in [0.1, 0.15) is 12.1 Å². The third kappa shape index (κ3) is 3.00. The van der Waals surface area contributed by atoms with Gasteiger partial charge in [0.2, 0.25) is 5.52 Å². The summed E-state index contributed by atoms with van der Waals surface area (Å²) in [5.41, 5.74) is 0.369. The van der Waals surface area contributed by atoms with Crippen LogP contribution >= 0.6 is 0 Å².